The molecular formula is C24H20F3N5O5. The van der Waals surface area contributed by atoms with Crippen LogP contribution >= 0.6 is 0 Å². The molecule has 0 bridgehead atoms. The normalized spacial score (nSPS) is 14.8. The first-order chi connectivity index (χ1) is 17.5. The van der Waals surface area contributed by atoms with E-state index in [-0.39, 0.29) is 41.6 Å². The Labute approximate surface area is 207 Å². The number of rotatable bonds is 6. The van der Waals surface area contributed by atoms with E-state index in [4.69, 9.17) is 4.74 Å². The fourth-order valence-corrected chi connectivity index (χ4v) is 3.70. The second kappa shape index (κ2) is 10.1. The number of benzene rings is 2. The maximum atomic E-state index is 13.0. The number of ether oxygens (including phenoxy) is 1. The van der Waals surface area contributed by atoms with Crippen LogP contribution in [0.25, 0.3) is 0 Å². The number of halogens is 3. The Kier molecular flexibility index (Phi) is 6.96. The van der Waals surface area contributed by atoms with Crippen molar-refractivity contribution < 1.29 is 32.3 Å². The van der Waals surface area contributed by atoms with Crippen molar-refractivity contribution in [2.24, 2.45) is 0 Å². The van der Waals surface area contributed by atoms with Gasteiger partial charge in [0.15, 0.2) is 0 Å². The van der Waals surface area contributed by atoms with E-state index in [0.29, 0.717) is 5.69 Å². The lowest BCUT2D eigenvalue weighted by molar-refractivity contribution is -0.137. The Morgan fingerprint density at radius 3 is 2.51 bits per heavy atom. The SMILES string of the molecule is CCOC(=O)c1ccc(NC(=O)[C@H]2CC(=O)Nc3nc(Nc4cccc(C(F)(F)F)c4)[nH]c(=O)c32)cc1. The first kappa shape index (κ1) is 25.4. The van der Waals surface area contributed by atoms with Gasteiger partial charge in [-0.25, -0.2) is 4.79 Å². The fraction of sp³-hybridized carbons (Fsp3) is 0.208. The van der Waals surface area contributed by atoms with E-state index in [1.54, 1.807) is 6.92 Å². The summed E-state index contributed by atoms with van der Waals surface area (Å²) in [5.74, 6) is -3.36. The van der Waals surface area contributed by atoms with Crippen molar-refractivity contribution in [2.75, 3.05) is 22.6 Å². The average molecular weight is 515 g/mol. The molecule has 0 unspecified atom stereocenters. The molecular weight excluding hydrogens is 495 g/mol. The first-order valence-corrected chi connectivity index (χ1v) is 11.0. The zero-order chi connectivity index (χ0) is 26.7. The van der Waals surface area contributed by atoms with Gasteiger partial charge in [-0.15, -0.1) is 0 Å². The van der Waals surface area contributed by atoms with Crippen molar-refractivity contribution in [2.45, 2.75) is 25.4 Å². The minimum absolute atomic E-state index is 0.000573. The van der Waals surface area contributed by atoms with Gasteiger partial charge in [0.25, 0.3) is 5.56 Å². The number of alkyl halides is 3. The Morgan fingerprint density at radius 2 is 1.84 bits per heavy atom. The molecule has 0 radical (unpaired) electrons. The van der Waals surface area contributed by atoms with Crippen molar-refractivity contribution in [3.8, 4) is 0 Å². The number of nitrogens with one attached hydrogen (secondary N) is 4. The molecule has 1 aliphatic heterocycles. The van der Waals surface area contributed by atoms with Crippen molar-refractivity contribution in [3.63, 3.8) is 0 Å². The van der Waals surface area contributed by atoms with Crippen LogP contribution in [0, 0.1) is 0 Å². The van der Waals surface area contributed by atoms with Crippen molar-refractivity contribution in [1.82, 2.24) is 9.97 Å². The molecule has 2 heterocycles. The Bertz CT molecular complexity index is 1420. The highest BCUT2D eigenvalue weighted by Gasteiger charge is 2.35. The van der Waals surface area contributed by atoms with Crippen LogP contribution in [-0.4, -0.2) is 34.4 Å². The molecule has 1 atom stereocenters. The number of nitrogens with zero attached hydrogens (tertiary/aromatic N) is 1. The number of anilines is 4. The number of fused-ring (bicyclic) bond motifs is 1. The zero-order valence-electron chi connectivity index (χ0n) is 19.2. The quantitative estimate of drug-likeness (QED) is 0.366. The van der Waals surface area contributed by atoms with Crippen LogP contribution in [-0.2, 0) is 20.5 Å². The number of esters is 1. The summed E-state index contributed by atoms with van der Waals surface area (Å²) in [6.45, 7) is 1.88. The molecule has 2 aromatic carbocycles. The number of amides is 2. The van der Waals surface area contributed by atoms with Crippen LogP contribution in [0.2, 0.25) is 0 Å². The third-order valence-corrected chi connectivity index (χ3v) is 5.38. The van der Waals surface area contributed by atoms with E-state index in [9.17, 15) is 32.3 Å². The molecule has 3 aromatic rings. The summed E-state index contributed by atoms with van der Waals surface area (Å²) in [6.07, 6.45) is -4.90. The molecule has 1 aliphatic rings. The van der Waals surface area contributed by atoms with E-state index in [1.807, 2.05) is 0 Å². The van der Waals surface area contributed by atoms with Gasteiger partial charge in [-0.05, 0) is 49.4 Å². The summed E-state index contributed by atoms with van der Waals surface area (Å²) < 4.78 is 43.9. The van der Waals surface area contributed by atoms with Crippen LogP contribution in [0.5, 0.6) is 0 Å². The lowest BCUT2D eigenvalue weighted by Crippen LogP contribution is -2.36. The maximum absolute atomic E-state index is 13.0. The highest BCUT2D eigenvalue weighted by atomic mass is 19.4. The number of aromatic nitrogens is 2. The molecule has 0 saturated carbocycles. The summed E-state index contributed by atoms with van der Waals surface area (Å²) in [7, 11) is 0. The molecule has 192 valence electrons. The van der Waals surface area contributed by atoms with Crippen molar-refractivity contribution in [3.05, 3.63) is 75.6 Å². The van der Waals surface area contributed by atoms with Gasteiger partial charge in [0.05, 0.1) is 29.2 Å². The van der Waals surface area contributed by atoms with Gasteiger partial charge in [-0.2, -0.15) is 18.2 Å². The number of carbonyl (C=O) groups is 3. The number of hydrogen-bond acceptors (Lipinski definition) is 7. The molecule has 0 fully saturated rings. The predicted molar refractivity (Wildman–Crippen MR) is 127 cm³/mol. The minimum atomic E-state index is -4.57. The second-order valence-electron chi connectivity index (χ2n) is 7.97. The van der Waals surface area contributed by atoms with Gasteiger partial charge in [0.2, 0.25) is 17.8 Å². The molecule has 4 rings (SSSR count). The molecule has 13 heteroatoms. The first-order valence-electron chi connectivity index (χ1n) is 11.0. The number of hydrogen-bond donors (Lipinski definition) is 4. The molecule has 37 heavy (non-hydrogen) atoms. The summed E-state index contributed by atoms with van der Waals surface area (Å²) >= 11 is 0. The second-order valence-corrected chi connectivity index (χ2v) is 7.97. The van der Waals surface area contributed by atoms with Crippen LogP contribution in [0.3, 0.4) is 0 Å². The van der Waals surface area contributed by atoms with E-state index >= 15 is 0 Å². The summed E-state index contributed by atoms with van der Waals surface area (Å²) in [5, 5.41) is 7.59. The predicted octanol–water partition coefficient (Wildman–Crippen LogP) is 3.77. The van der Waals surface area contributed by atoms with E-state index in [2.05, 4.69) is 25.9 Å². The monoisotopic (exact) mass is 515 g/mol. The Hall–Kier alpha value is -4.68. The third kappa shape index (κ3) is 5.77. The van der Waals surface area contributed by atoms with Crippen LogP contribution < -0.4 is 21.5 Å². The lowest BCUT2D eigenvalue weighted by atomic mass is 9.92. The highest BCUT2D eigenvalue weighted by molar-refractivity contribution is 6.04. The third-order valence-electron chi connectivity index (χ3n) is 5.38. The Balaban J connectivity index is 1.56. The standard InChI is InChI=1S/C24H20F3N5O5/c1-2-37-22(36)12-6-8-14(9-7-12)28-20(34)16-11-17(33)30-19-18(16)21(35)32-23(31-19)29-15-5-3-4-13(10-15)24(25,26)27/h3-10,16H,2,11H2,1H3,(H,28,34)(H3,29,30,31,32,33,35)/t16-/m0/s1. The topological polar surface area (TPSA) is 142 Å². The zero-order valence-corrected chi connectivity index (χ0v) is 19.2. The van der Waals surface area contributed by atoms with Crippen LogP contribution in [0.4, 0.5) is 36.3 Å². The van der Waals surface area contributed by atoms with Crippen LogP contribution in [0.1, 0.15) is 40.7 Å². The number of aromatic amines is 1. The summed E-state index contributed by atoms with van der Waals surface area (Å²) in [5.41, 5.74) is -1.16. The Morgan fingerprint density at radius 1 is 1.11 bits per heavy atom. The number of carbonyl (C=O) groups excluding carboxylic acids is 3. The van der Waals surface area contributed by atoms with Crippen LogP contribution in [0.15, 0.2) is 53.3 Å². The average Bonchev–Trinajstić information content (AvgIpc) is 2.83. The molecule has 0 aliphatic carbocycles. The van der Waals surface area contributed by atoms with E-state index in [1.165, 1.54) is 36.4 Å². The summed E-state index contributed by atoms with van der Waals surface area (Å²) in [4.78, 5) is 56.4. The molecule has 2 amide bonds. The maximum Gasteiger partial charge on any atom is 0.416 e. The molecule has 0 spiro atoms. The minimum Gasteiger partial charge on any atom is -0.462 e. The fourth-order valence-electron chi connectivity index (χ4n) is 3.70. The largest absolute Gasteiger partial charge is 0.462 e. The highest BCUT2D eigenvalue weighted by Crippen LogP contribution is 2.32. The van der Waals surface area contributed by atoms with Gasteiger partial charge in [-0.1, -0.05) is 6.07 Å². The lowest BCUT2D eigenvalue weighted by Gasteiger charge is -2.23. The smallest absolute Gasteiger partial charge is 0.416 e. The molecule has 4 N–H and O–H groups in total. The van der Waals surface area contributed by atoms with Gasteiger partial charge >= 0.3 is 12.1 Å². The molecule has 0 saturated heterocycles. The van der Waals surface area contributed by atoms with Gasteiger partial charge in [-0.3, -0.25) is 19.4 Å². The number of H-pyrrole nitrogens is 1. The molecule has 1 aromatic heterocycles. The van der Waals surface area contributed by atoms with Gasteiger partial charge in [0, 0.05) is 17.8 Å². The van der Waals surface area contributed by atoms with Crippen molar-refractivity contribution in [1.29, 1.82) is 0 Å². The van der Waals surface area contributed by atoms with Gasteiger partial charge in [0.1, 0.15) is 5.82 Å². The van der Waals surface area contributed by atoms with Crippen molar-refractivity contribution >= 4 is 40.9 Å². The van der Waals surface area contributed by atoms with E-state index < -0.39 is 41.0 Å². The summed E-state index contributed by atoms with van der Waals surface area (Å²) in [6, 6.07) is 10.1. The van der Waals surface area contributed by atoms with Gasteiger partial charge < -0.3 is 20.7 Å². The van der Waals surface area contributed by atoms with E-state index in [0.717, 1.165) is 12.1 Å². The molecule has 10 nitrogen and oxygen atoms in total.